The number of amides is 1. The number of hydrogen-bond donors (Lipinski definition) is 1. The van der Waals surface area contributed by atoms with Gasteiger partial charge in [-0.3, -0.25) is 4.79 Å². The van der Waals surface area contributed by atoms with Gasteiger partial charge in [-0.2, -0.15) is 5.26 Å². The molecule has 3 rings (SSSR count). The van der Waals surface area contributed by atoms with E-state index in [9.17, 15) is 4.79 Å². The molecule has 2 N–H and O–H groups in total. The van der Waals surface area contributed by atoms with E-state index in [1.54, 1.807) is 20.3 Å². The lowest BCUT2D eigenvalue weighted by atomic mass is 10.1. The van der Waals surface area contributed by atoms with Crippen LogP contribution in [0.1, 0.15) is 26.6 Å². The molecule has 2 heterocycles. The van der Waals surface area contributed by atoms with Crippen molar-refractivity contribution in [3.05, 3.63) is 51.5 Å². The maximum Gasteiger partial charge on any atom is 0.250 e. The molecule has 2 aromatic heterocycles. The zero-order chi connectivity index (χ0) is 21.0. The van der Waals surface area contributed by atoms with E-state index < -0.39 is 5.91 Å². The van der Waals surface area contributed by atoms with Gasteiger partial charge in [0.15, 0.2) is 11.5 Å². The van der Waals surface area contributed by atoms with Gasteiger partial charge in [-0.25, -0.2) is 4.98 Å². The van der Waals surface area contributed by atoms with Crippen molar-refractivity contribution in [2.75, 3.05) is 14.2 Å². The topological polar surface area (TPSA) is 103 Å². The molecule has 3 aromatic rings. The predicted molar refractivity (Wildman–Crippen MR) is 111 cm³/mol. The number of ether oxygens (including phenoxy) is 2. The summed E-state index contributed by atoms with van der Waals surface area (Å²) in [6, 6.07) is 9.69. The van der Waals surface area contributed by atoms with Crippen LogP contribution in [0.2, 0.25) is 0 Å². The average Bonchev–Trinajstić information content (AvgIpc) is 3.30. The molecule has 0 fully saturated rings. The number of nitrogens with two attached hydrogens (primary N) is 1. The number of primary amides is 1. The standard InChI is InChI=1S/C21H22N4O3S/c1-13-15(21(23)26)11-17(16-12-29-20(24-16)6-8-22)25(13)9-7-14-4-5-18(27-2)19(10-14)28-3/h4-5,10-12H,6-7,9H2,1-3H3,(H2,23,26). The Hall–Kier alpha value is -3.31. The minimum absolute atomic E-state index is 0.263. The van der Waals surface area contributed by atoms with Gasteiger partial charge in [0.25, 0.3) is 5.91 Å². The number of nitrogens with zero attached hydrogens (tertiary/aromatic N) is 3. The first kappa shape index (κ1) is 20.4. The molecule has 0 radical (unpaired) electrons. The first-order valence-corrected chi connectivity index (χ1v) is 9.89. The van der Waals surface area contributed by atoms with Crippen molar-refractivity contribution >= 4 is 17.2 Å². The van der Waals surface area contributed by atoms with Gasteiger partial charge in [-0.1, -0.05) is 6.07 Å². The number of carbonyl (C=O) groups excluding carboxylic acids is 1. The second kappa shape index (κ2) is 8.80. The smallest absolute Gasteiger partial charge is 0.250 e. The fraction of sp³-hybridized carbons (Fsp3) is 0.286. The highest BCUT2D eigenvalue weighted by Crippen LogP contribution is 2.30. The van der Waals surface area contributed by atoms with Crippen molar-refractivity contribution in [3.63, 3.8) is 0 Å². The lowest BCUT2D eigenvalue weighted by Crippen LogP contribution is -2.13. The number of methoxy groups -OCH3 is 2. The van der Waals surface area contributed by atoms with Gasteiger partial charge < -0.3 is 19.8 Å². The Balaban J connectivity index is 1.93. The van der Waals surface area contributed by atoms with Crippen LogP contribution in [0.4, 0.5) is 0 Å². The third-order valence-electron chi connectivity index (χ3n) is 4.75. The molecule has 1 aromatic carbocycles. The monoisotopic (exact) mass is 410 g/mol. The van der Waals surface area contributed by atoms with E-state index in [1.807, 2.05) is 35.1 Å². The first-order valence-electron chi connectivity index (χ1n) is 9.01. The van der Waals surface area contributed by atoms with Crippen molar-refractivity contribution < 1.29 is 14.3 Å². The zero-order valence-electron chi connectivity index (χ0n) is 16.6. The molecule has 0 spiro atoms. The van der Waals surface area contributed by atoms with Gasteiger partial charge in [0.2, 0.25) is 0 Å². The molecule has 0 aliphatic heterocycles. The SMILES string of the molecule is COc1ccc(CCn2c(-c3csc(CC#N)n3)cc(C(N)=O)c2C)cc1OC. The number of aromatic nitrogens is 2. The summed E-state index contributed by atoms with van der Waals surface area (Å²) < 4.78 is 12.7. The number of rotatable bonds is 8. The van der Waals surface area contributed by atoms with Crippen LogP contribution in [-0.2, 0) is 19.4 Å². The van der Waals surface area contributed by atoms with E-state index >= 15 is 0 Å². The number of nitriles is 1. The van der Waals surface area contributed by atoms with Gasteiger partial charge >= 0.3 is 0 Å². The van der Waals surface area contributed by atoms with E-state index in [0.717, 1.165) is 34.1 Å². The molecule has 7 nitrogen and oxygen atoms in total. The lowest BCUT2D eigenvalue weighted by molar-refractivity contribution is 0.0999. The van der Waals surface area contributed by atoms with E-state index in [-0.39, 0.29) is 6.42 Å². The molecule has 0 unspecified atom stereocenters. The second-order valence-corrected chi connectivity index (χ2v) is 7.39. The Morgan fingerprint density at radius 2 is 2.03 bits per heavy atom. The molecule has 0 saturated heterocycles. The van der Waals surface area contributed by atoms with Gasteiger partial charge in [0.05, 0.1) is 43.7 Å². The number of aryl methyl sites for hydroxylation is 1. The molecule has 1 amide bonds. The Morgan fingerprint density at radius 1 is 1.28 bits per heavy atom. The molecule has 0 aliphatic carbocycles. The first-order chi connectivity index (χ1) is 14.0. The van der Waals surface area contributed by atoms with E-state index in [4.69, 9.17) is 20.5 Å². The largest absolute Gasteiger partial charge is 0.493 e. The summed E-state index contributed by atoms with van der Waals surface area (Å²) in [5, 5.41) is 11.5. The molecule has 0 bridgehead atoms. The zero-order valence-corrected chi connectivity index (χ0v) is 17.4. The number of thiazole rings is 1. The van der Waals surface area contributed by atoms with Gasteiger partial charge in [0.1, 0.15) is 5.01 Å². The van der Waals surface area contributed by atoms with Crippen LogP contribution in [0.25, 0.3) is 11.4 Å². The summed E-state index contributed by atoms with van der Waals surface area (Å²) in [5.41, 5.74) is 9.46. The maximum atomic E-state index is 11.9. The molecular formula is C21H22N4O3S. The highest BCUT2D eigenvalue weighted by Gasteiger charge is 2.19. The van der Waals surface area contributed by atoms with Crippen LogP contribution in [0.3, 0.4) is 0 Å². The van der Waals surface area contributed by atoms with Crippen molar-refractivity contribution in [1.82, 2.24) is 9.55 Å². The van der Waals surface area contributed by atoms with Crippen molar-refractivity contribution in [1.29, 1.82) is 5.26 Å². The Morgan fingerprint density at radius 3 is 2.69 bits per heavy atom. The van der Waals surface area contributed by atoms with Crippen LogP contribution in [-0.4, -0.2) is 29.7 Å². The number of carbonyl (C=O) groups is 1. The molecular weight excluding hydrogens is 388 g/mol. The Kier molecular flexibility index (Phi) is 6.20. The van der Waals surface area contributed by atoms with Crippen LogP contribution in [0.15, 0.2) is 29.6 Å². The Bertz CT molecular complexity index is 1080. The highest BCUT2D eigenvalue weighted by molar-refractivity contribution is 7.10. The van der Waals surface area contributed by atoms with Crippen LogP contribution in [0, 0.1) is 18.3 Å². The van der Waals surface area contributed by atoms with Crippen molar-refractivity contribution in [2.24, 2.45) is 5.73 Å². The van der Waals surface area contributed by atoms with Crippen LogP contribution < -0.4 is 15.2 Å². The summed E-state index contributed by atoms with van der Waals surface area (Å²) in [7, 11) is 3.21. The normalized spacial score (nSPS) is 10.6. The third-order valence-corrected chi connectivity index (χ3v) is 5.60. The summed E-state index contributed by atoms with van der Waals surface area (Å²) in [5.74, 6) is 0.881. The van der Waals surface area contributed by atoms with E-state index in [1.165, 1.54) is 11.3 Å². The Labute approximate surface area is 173 Å². The van der Waals surface area contributed by atoms with Crippen LogP contribution in [0.5, 0.6) is 11.5 Å². The second-order valence-electron chi connectivity index (χ2n) is 6.45. The summed E-state index contributed by atoms with van der Waals surface area (Å²) in [6.07, 6.45) is 0.981. The summed E-state index contributed by atoms with van der Waals surface area (Å²) in [4.78, 5) is 16.4. The molecule has 8 heteroatoms. The average molecular weight is 410 g/mol. The van der Waals surface area contributed by atoms with Gasteiger partial charge in [0, 0.05) is 17.6 Å². The number of benzene rings is 1. The minimum Gasteiger partial charge on any atom is -0.493 e. The fourth-order valence-electron chi connectivity index (χ4n) is 3.25. The quantitative estimate of drug-likeness (QED) is 0.613. The van der Waals surface area contributed by atoms with Crippen molar-refractivity contribution in [3.8, 4) is 29.0 Å². The number of hydrogen-bond acceptors (Lipinski definition) is 6. The van der Waals surface area contributed by atoms with E-state index in [0.29, 0.717) is 23.6 Å². The third kappa shape index (κ3) is 4.25. The minimum atomic E-state index is -0.471. The fourth-order valence-corrected chi connectivity index (χ4v) is 3.97. The van der Waals surface area contributed by atoms with E-state index in [2.05, 4.69) is 11.1 Å². The molecule has 0 atom stereocenters. The van der Waals surface area contributed by atoms with Gasteiger partial charge in [-0.05, 0) is 37.1 Å². The highest BCUT2D eigenvalue weighted by atomic mass is 32.1. The van der Waals surface area contributed by atoms with Crippen LogP contribution >= 0.6 is 11.3 Å². The molecule has 29 heavy (non-hydrogen) atoms. The summed E-state index contributed by atoms with van der Waals surface area (Å²) >= 11 is 1.43. The molecule has 150 valence electrons. The predicted octanol–water partition coefficient (Wildman–Crippen LogP) is 3.34. The maximum absolute atomic E-state index is 11.9. The molecule has 0 aliphatic rings. The lowest BCUT2D eigenvalue weighted by Gasteiger charge is -2.13. The van der Waals surface area contributed by atoms with Crippen molar-refractivity contribution in [2.45, 2.75) is 26.3 Å². The summed E-state index contributed by atoms with van der Waals surface area (Å²) in [6.45, 7) is 2.51. The molecule has 0 saturated carbocycles. The van der Waals surface area contributed by atoms with Gasteiger partial charge in [-0.15, -0.1) is 11.3 Å².